The molecule has 0 aliphatic rings. The van der Waals surface area contributed by atoms with Crippen LogP contribution in [0.25, 0.3) is 5.57 Å². The Balaban J connectivity index is 2.77. The molecule has 3 nitrogen and oxygen atoms in total. The molecule has 3 N–H and O–H groups in total. The van der Waals surface area contributed by atoms with Gasteiger partial charge in [0, 0.05) is 0 Å². The molecular formula is C22H25FN2O. The number of Topliss-reactive ketones (excluding diaryl/α,β-unsaturated/α-hetero) is 1. The fraction of sp³-hybridized carbons (Fsp3) is 0.227. The van der Waals surface area contributed by atoms with Crippen LogP contribution in [0.1, 0.15) is 37.5 Å². The maximum atomic E-state index is 14.5. The number of benzene rings is 2. The molecule has 0 spiro atoms. The van der Waals surface area contributed by atoms with E-state index in [1.54, 1.807) is 6.08 Å². The molecule has 2 aromatic rings. The van der Waals surface area contributed by atoms with E-state index >= 15 is 0 Å². The van der Waals surface area contributed by atoms with Crippen molar-refractivity contribution in [1.82, 2.24) is 5.32 Å². The second kappa shape index (κ2) is 8.59. The molecule has 4 heteroatoms. The van der Waals surface area contributed by atoms with Gasteiger partial charge in [0.2, 0.25) is 0 Å². The average molecular weight is 352 g/mol. The monoisotopic (exact) mass is 352 g/mol. The summed E-state index contributed by atoms with van der Waals surface area (Å²) >= 11 is 0. The van der Waals surface area contributed by atoms with Crippen LogP contribution in [0, 0.1) is 5.82 Å². The van der Waals surface area contributed by atoms with E-state index in [-0.39, 0.29) is 5.78 Å². The zero-order valence-corrected chi connectivity index (χ0v) is 15.4. The minimum atomic E-state index is -1.11. The highest BCUT2D eigenvalue weighted by molar-refractivity contribution is 5.92. The Morgan fingerprint density at radius 1 is 1.19 bits per heavy atom. The van der Waals surface area contributed by atoms with Crippen LogP contribution in [0.2, 0.25) is 0 Å². The van der Waals surface area contributed by atoms with Crippen molar-refractivity contribution in [2.75, 3.05) is 6.54 Å². The van der Waals surface area contributed by atoms with Crippen LogP contribution in [-0.2, 0) is 10.3 Å². The van der Waals surface area contributed by atoms with E-state index in [2.05, 4.69) is 5.32 Å². The molecule has 0 amide bonds. The lowest BCUT2D eigenvalue weighted by atomic mass is 9.78. The van der Waals surface area contributed by atoms with Gasteiger partial charge in [-0.25, -0.2) is 4.39 Å². The zero-order chi connectivity index (χ0) is 19.2. The van der Waals surface area contributed by atoms with Gasteiger partial charge < -0.3 is 5.73 Å². The second-order valence-corrected chi connectivity index (χ2v) is 6.03. The van der Waals surface area contributed by atoms with Crippen molar-refractivity contribution in [3.8, 4) is 0 Å². The maximum Gasteiger partial charge on any atom is 0.158 e. The normalized spacial score (nSPS) is 14.4. The minimum absolute atomic E-state index is 0.0986. The lowest BCUT2D eigenvalue weighted by Gasteiger charge is -2.34. The molecule has 0 aliphatic heterocycles. The number of hydrogen-bond acceptors (Lipinski definition) is 3. The molecule has 0 aromatic heterocycles. The zero-order valence-electron chi connectivity index (χ0n) is 15.4. The van der Waals surface area contributed by atoms with Crippen LogP contribution in [0.4, 0.5) is 4.39 Å². The first-order valence-electron chi connectivity index (χ1n) is 8.67. The Morgan fingerprint density at radius 2 is 1.88 bits per heavy atom. The summed E-state index contributed by atoms with van der Waals surface area (Å²) in [5, 5.41) is 3.29. The summed E-state index contributed by atoms with van der Waals surface area (Å²) in [4.78, 5) is 12.8. The third kappa shape index (κ3) is 3.75. The predicted octanol–water partition coefficient (Wildman–Crippen LogP) is 4.14. The minimum Gasteiger partial charge on any atom is -0.405 e. The van der Waals surface area contributed by atoms with Crippen molar-refractivity contribution in [3.05, 3.63) is 89.4 Å². The molecule has 2 aromatic carbocycles. The van der Waals surface area contributed by atoms with Gasteiger partial charge >= 0.3 is 0 Å². The second-order valence-electron chi connectivity index (χ2n) is 6.03. The summed E-state index contributed by atoms with van der Waals surface area (Å²) < 4.78 is 14.5. The first-order chi connectivity index (χ1) is 12.5. The molecule has 0 fully saturated rings. The molecular weight excluding hydrogens is 327 g/mol. The van der Waals surface area contributed by atoms with Gasteiger partial charge in [-0.3, -0.25) is 10.1 Å². The van der Waals surface area contributed by atoms with E-state index in [0.29, 0.717) is 17.7 Å². The lowest BCUT2D eigenvalue weighted by Crippen LogP contribution is -2.49. The highest BCUT2D eigenvalue weighted by Crippen LogP contribution is 2.33. The van der Waals surface area contributed by atoms with E-state index in [9.17, 15) is 9.18 Å². The molecule has 136 valence electrons. The number of carbonyl (C=O) groups is 1. The molecule has 0 heterocycles. The Hall–Kier alpha value is -2.72. The van der Waals surface area contributed by atoms with Crippen LogP contribution in [0.5, 0.6) is 0 Å². The Morgan fingerprint density at radius 3 is 2.42 bits per heavy atom. The number of hydrogen-bond donors (Lipinski definition) is 2. The van der Waals surface area contributed by atoms with Crippen LogP contribution in [0.3, 0.4) is 0 Å². The number of rotatable bonds is 7. The molecule has 0 bridgehead atoms. The molecule has 0 saturated carbocycles. The Kier molecular flexibility index (Phi) is 6.47. The van der Waals surface area contributed by atoms with Gasteiger partial charge in [0.25, 0.3) is 0 Å². The smallest absolute Gasteiger partial charge is 0.158 e. The predicted molar refractivity (Wildman–Crippen MR) is 105 cm³/mol. The maximum absolute atomic E-state index is 14.5. The molecule has 1 atom stereocenters. The van der Waals surface area contributed by atoms with Gasteiger partial charge in [-0.05, 0) is 73.1 Å². The Labute approximate surface area is 154 Å². The van der Waals surface area contributed by atoms with Gasteiger partial charge in [-0.2, -0.15) is 0 Å². The first-order valence-corrected chi connectivity index (χ1v) is 8.67. The third-order valence-corrected chi connectivity index (χ3v) is 4.43. The molecule has 1 unspecified atom stereocenters. The van der Waals surface area contributed by atoms with Gasteiger partial charge in [0.15, 0.2) is 5.78 Å². The standard InChI is InChI=1S/C22H25FN2O/c1-4-17(11-12-24)18-13-20(15-21(23)14-18)22(16(3)26,25-5-2)19-9-7-6-8-10-19/h4,6-15,25H,5,24H2,1-3H3/b12-11-,17-4+. The molecule has 0 saturated heterocycles. The van der Waals surface area contributed by atoms with E-state index in [0.717, 1.165) is 11.1 Å². The quantitative estimate of drug-likeness (QED) is 0.736. The topological polar surface area (TPSA) is 55.1 Å². The third-order valence-electron chi connectivity index (χ3n) is 4.43. The van der Waals surface area contributed by atoms with Crippen molar-refractivity contribution in [2.24, 2.45) is 5.73 Å². The highest BCUT2D eigenvalue weighted by Gasteiger charge is 2.39. The number of carbonyl (C=O) groups excluding carboxylic acids is 1. The molecule has 0 radical (unpaired) electrons. The van der Waals surface area contributed by atoms with Crippen molar-refractivity contribution in [3.63, 3.8) is 0 Å². The van der Waals surface area contributed by atoms with Gasteiger partial charge in [-0.15, -0.1) is 0 Å². The first kappa shape index (κ1) is 19.6. The molecule has 0 aliphatic carbocycles. The number of likely N-dealkylation sites (N-methyl/N-ethyl adjacent to an activating group) is 1. The fourth-order valence-corrected chi connectivity index (χ4v) is 3.29. The summed E-state index contributed by atoms with van der Waals surface area (Å²) in [6.45, 7) is 5.87. The highest BCUT2D eigenvalue weighted by atomic mass is 19.1. The molecule has 2 rings (SSSR count). The van der Waals surface area contributed by atoms with E-state index < -0.39 is 11.4 Å². The largest absolute Gasteiger partial charge is 0.405 e. The average Bonchev–Trinajstić information content (AvgIpc) is 2.64. The summed E-state index contributed by atoms with van der Waals surface area (Å²) in [6, 6.07) is 14.1. The summed E-state index contributed by atoms with van der Waals surface area (Å²) in [5.74, 6) is -0.500. The van der Waals surface area contributed by atoms with Crippen molar-refractivity contribution < 1.29 is 9.18 Å². The lowest BCUT2D eigenvalue weighted by molar-refractivity contribution is -0.122. The number of allylic oxidation sites excluding steroid dienone is 3. The summed E-state index contributed by atoms with van der Waals surface area (Å²) in [6.07, 6.45) is 4.98. The van der Waals surface area contributed by atoms with Gasteiger partial charge in [0.1, 0.15) is 11.4 Å². The van der Waals surface area contributed by atoms with Crippen LogP contribution >= 0.6 is 0 Å². The van der Waals surface area contributed by atoms with E-state index in [1.807, 2.05) is 56.3 Å². The van der Waals surface area contributed by atoms with Crippen LogP contribution < -0.4 is 11.1 Å². The number of ketones is 1. The van der Waals surface area contributed by atoms with Crippen molar-refractivity contribution >= 4 is 11.4 Å². The van der Waals surface area contributed by atoms with Gasteiger partial charge in [-0.1, -0.05) is 43.3 Å². The SMILES string of the molecule is C/C=C(\C=C/N)c1cc(F)cc(C(NCC)(C(C)=O)c2ccccc2)c1. The van der Waals surface area contributed by atoms with Crippen LogP contribution in [0.15, 0.2) is 66.9 Å². The number of nitrogens with two attached hydrogens (primary N) is 1. The fourth-order valence-electron chi connectivity index (χ4n) is 3.29. The summed E-state index contributed by atoms with van der Waals surface area (Å²) in [7, 11) is 0. The van der Waals surface area contributed by atoms with E-state index in [4.69, 9.17) is 5.73 Å². The van der Waals surface area contributed by atoms with Gasteiger partial charge in [0.05, 0.1) is 0 Å². The van der Waals surface area contributed by atoms with E-state index in [1.165, 1.54) is 25.3 Å². The Bertz CT molecular complexity index is 827. The van der Waals surface area contributed by atoms with Crippen molar-refractivity contribution in [2.45, 2.75) is 26.3 Å². The summed E-state index contributed by atoms with van der Waals surface area (Å²) in [5.41, 5.74) is 7.20. The number of halogens is 1. The van der Waals surface area contributed by atoms with Crippen LogP contribution in [-0.4, -0.2) is 12.3 Å². The van der Waals surface area contributed by atoms with Crippen molar-refractivity contribution in [1.29, 1.82) is 0 Å². The molecule has 26 heavy (non-hydrogen) atoms. The number of nitrogens with one attached hydrogen (secondary N) is 1.